The maximum atomic E-state index is 5.08. The molecule has 0 N–H and O–H groups in total. The van der Waals surface area contributed by atoms with Gasteiger partial charge in [-0.15, -0.1) is 11.3 Å². The Morgan fingerprint density at radius 1 is 1.50 bits per heavy atom. The van der Waals surface area contributed by atoms with Gasteiger partial charge in [-0.3, -0.25) is 4.90 Å². The summed E-state index contributed by atoms with van der Waals surface area (Å²) in [7, 11) is 1.75. The highest BCUT2D eigenvalue weighted by molar-refractivity contribution is 9.09. The van der Waals surface area contributed by atoms with E-state index in [2.05, 4.69) is 38.3 Å². The second kappa shape index (κ2) is 7.40. The second-order valence-corrected chi connectivity index (χ2v) is 4.86. The Bertz CT molecular complexity index is 228. The highest BCUT2D eigenvalue weighted by Crippen LogP contribution is 2.11. The first-order chi connectivity index (χ1) is 6.86. The zero-order chi connectivity index (χ0) is 10.2. The Labute approximate surface area is 98.0 Å². The van der Waals surface area contributed by atoms with E-state index in [1.165, 1.54) is 4.88 Å². The number of methoxy groups -OCH3 is 1. The van der Waals surface area contributed by atoms with Gasteiger partial charge in [-0.05, 0) is 11.4 Å². The van der Waals surface area contributed by atoms with Crippen LogP contribution in [0.15, 0.2) is 17.5 Å². The van der Waals surface area contributed by atoms with Crippen LogP contribution in [0.2, 0.25) is 0 Å². The molecule has 14 heavy (non-hydrogen) atoms. The van der Waals surface area contributed by atoms with Crippen molar-refractivity contribution in [3.8, 4) is 0 Å². The fourth-order valence-electron chi connectivity index (χ4n) is 1.23. The second-order valence-electron chi connectivity index (χ2n) is 3.04. The average molecular weight is 278 g/mol. The molecule has 0 aliphatic heterocycles. The van der Waals surface area contributed by atoms with Crippen LogP contribution in [-0.2, 0) is 11.3 Å². The van der Waals surface area contributed by atoms with Gasteiger partial charge in [-0.1, -0.05) is 22.0 Å². The quantitative estimate of drug-likeness (QED) is 0.711. The molecule has 4 heteroatoms. The molecule has 0 aromatic carbocycles. The van der Waals surface area contributed by atoms with Crippen molar-refractivity contribution in [2.45, 2.75) is 6.54 Å². The third-order valence-electron chi connectivity index (χ3n) is 1.97. The van der Waals surface area contributed by atoms with Crippen LogP contribution in [0, 0.1) is 0 Å². The predicted octanol–water partition coefficient (Wildman–Crippen LogP) is 2.59. The third kappa shape index (κ3) is 4.55. The third-order valence-corrected chi connectivity index (χ3v) is 3.19. The fraction of sp³-hybridized carbons (Fsp3) is 0.600. The van der Waals surface area contributed by atoms with E-state index in [9.17, 15) is 0 Å². The van der Waals surface area contributed by atoms with Crippen molar-refractivity contribution in [2.75, 3.05) is 32.1 Å². The molecule has 2 nitrogen and oxygen atoms in total. The average Bonchev–Trinajstić information content (AvgIpc) is 2.67. The topological polar surface area (TPSA) is 12.5 Å². The van der Waals surface area contributed by atoms with E-state index in [1.54, 1.807) is 7.11 Å². The monoisotopic (exact) mass is 277 g/mol. The first kappa shape index (κ1) is 12.2. The van der Waals surface area contributed by atoms with Crippen LogP contribution >= 0.6 is 27.3 Å². The van der Waals surface area contributed by atoms with Crippen molar-refractivity contribution in [3.05, 3.63) is 22.4 Å². The van der Waals surface area contributed by atoms with E-state index in [0.717, 1.165) is 31.6 Å². The van der Waals surface area contributed by atoms with Gasteiger partial charge in [-0.2, -0.15) is 0 Å². The maximum Gasteiger partial charge on any atom is 0.0589 e. The van der Waals surface area contributed by atoms with Crippen molar-refractivity contribution in [3.63, 3.8) is 0 Å². The molecule has 1 heterocycles. The highest BCUT2D eigenvalue weighted by Gasteiger charge is 2.05. The lowest BCUT2D eigenvalue weighted by molar-refractivity contribution is 0.149. The van der Waals surface area contributed by atoms with E-state index >= 15 is 0 Å². The summed E-state index contributed by atoms with van der Waals surface area (Å²) < 4.78 is 5.08. The van der Waals surface area contributed by atoms with Crippen molar-refractivity contribution in [1.29, 1.82) is 0 Å². The summed E-state index contributed by atoms with van der Waals surface area (Å²) in [6, 6.07) is 4.28. The Morgan fingerprint density at radius 2 is 2.36 bits per heavy atom. The molecule has 80 valence electrons. The summed E-state index contributed by atoms with van der Waals surface area (Å²) in [6.07, 6.45) is 0. The molecule has 0 aliphatic rings. The Balaban J connectivity index is 2.34. The first-order valence-corrected chi connectivity index (χ1v) is 6.66. The van der Waals surface area contributed by atoms with Crippen LogP contribution in [0.1, 0.15) is 4.88 Å². The molecule has 0 unspecified atom stereocenters. The van der Waals surface area contributed by atoms with Crippen LogP contribution in [-0.4, -0.2) is 37.0 Å². The molecule has 0 saturated carbocycles. The first-order valence-electron chi connectivity index (χ1n) is 4.66. The zero-order valence-corrected chi connectivity index (χ0v) is 10.8. The molecular weight excluding hydrogens is 262 g/mol. The van der Waals surface area contributed by atoms with Crippen molar-refractivity contribution in [1.82, 2.24) is 4.90 Å². The fourth-order valence-corrected chi connectivity index (χ4v) is 2.48. The molecule has 0 amide bonds. The Hall–Kier alpha value is 0.1000. The van der Waals surface area contributed by atoms with Crippen LogP contribution in [0.4, 0.5) is 0 Å². The molecule has 0 saturated heterocycles. The van der Waals surface area contributed by atoms with Gasteiger partial charge in [0, 0.05) is 37.0 Å². The summed E-state index contributed by atoms with van der Waals surface area (Å²) in [5.74, 6) is 0. The number of nitrogens with zero attached hydrogens (tertiary/aromatic N) is 1. The number of thiophene rings is 1. The predicted molar refractivity (Wildman–Crippen MR) is 65.3 cm³/mol. The standard InChI is InChI=1S/C10H16BrNOS/c1-13-7-6-12(5-4-11)9-10-3-2-8-14-10/h2-3,8H,4-7,9H2,1H3. The number of alkyl halides is 1. The Kier molecular flexibility index (Phi) is 6.43. The summed E-state index contributed by atoms with van der Waals surface area (Å²) in [6.45, 7) is 3.91. The van der Waals surface area contributed by atoms with Crippen LogP contribution in [0.25, 0.3) is 0 Å². The normalized spacial score (nSPS) is 11.1. The lowest BCUT2D eigenvalue weighted by Gasteiger charge is -2.19. The van der Waals surface area contributed by atoms with Gasteiger partial charge >= 0.3 is 0 Å². The van der Waals surface area contributed by atoms with Crippen molar-refractivity contribution < 1.29 is 4.74 Å². The summed E-state index contributed by atoms with van der Waals surface area (Å²) >= 11 is 5.28. The highest BCUT2D eigenvalue weighted by atomic mass is 79.9. The molecule has 0 radical (unpaired) electrons. The summed E-state index contributed by atoms with van der Waals surface area (Å²) in [4.78, 5) is 3.81. The van der Waals surface area contributed by atoms with Gasteiger partial charge in [0.25, 0.3) is 0 Å². The molecular formula is C10H16BrNOS. The molecule has 0 bridgehead atoms. The molecule has 1 aromatic heterocycles. The number of rotatable bonds is 7. The minimum Gasteiger partial charge on any atom is -0.383 e. The van der Waals surface area contributed by atoms with Gasteiger partial charge in [0.1, 0.15) is 0 Å². The van der Waals surface area contributed by atoms with Crippen molar-refractivity contribution >= 4 is 27.3 Å². The number of ether oxygens (including phenoxy) is 1. The van der Waals surface area contributed by atoms with E-state index in [4.69, 9.17) is 4.74 Å². The van der Waals surface area contributed by atoms with Crippen LogP contribution in [0.3, 0.4) is 0 Å². The summed E-state index contributed by atoms with van der Waals surface area (Å²) in [5.41, 5.74) is 0. The molecule has 1 rings (SSSR count). The molecule has 0 fully saturated rings. The minimum atomic E-state index is 0.804. The lowest BCUT2D eigenvalue weighted by atomic mass is 10.4. The number of halogens is 1. The maximum absolute atomic E-state index is 5.08. The number of hydrogen-bond donors (Lipinski definition) is 0. The zero-order valence-electron chi connectivity index (χ0n) is 8.41. The SMILES string of the molecule is COCCN(CCBr)Cc1cccs1. The lowest BCUT2D eigenvalue weighted by Crippen LogP contribution is -2.28. The largest absolute Gasteiger partial charge is 0.383 e. The van der Waals surface area contributed by atoms with Gasteiger partial charge in [0.05, 0.1) is 6.61 Å². The molecule has 0 spiro atoms. The van der Waals surface area contributed by atoms with E-state index in [-0.39, 0.29) is 0 Å². The van der Waals surface area contributed by atoms with E-state index in [1.807, 2.05) is 11.3 Å². The summed E-state index contributed by atoms with van der Waals surface area (Å²) in [5, 5.41) is 3.14. The van der Waals surface area contributed by atoms with E-state index < -0.39 is 0 Å². The molecule has 1 aromatic rings. The van der Waals surface area contributed by atoms with E-state index in [0.29, 0.717) is 0 Å². The number of hydrogen-bond acceptors (Lipinski definition) is 3. The van der Waals surface area contributed by atoms with Crippen molar-refractivity contribution in [2.24, 2.45) is 0 Å². The minimum absolute atomic E-state index is 0.804. The van der Waals surface area contributed by atoms with Gasteiger partial charge < -0.3 is 4.74 Å². The van der Waals surface area contributed by atoms with Gasteiger partial charge in [0.2, 0.25) is 0 Å². The van der Waals surface area contributed by atoms with Crippen LogP contribution in [0.5, 0.6) is 0 Å². The van der Waals surface area contributed by atoms with Crippen LogP contribution < -0.4 is 0 Å². The molecule has 0 atom stereocenters. The molecule has 0 aliphatic carbocycles. The smallest absolute Gasteiger partial charge is 0.0589 e. The Morgan fingerprint density at radius 3 is 2.93 bits per heavy atom. The van der Waals surface area contributed by atoms with Gasteiger partial charge in [0.15, 0.2) is 0 Å². The van der Waals surface area contributed by atoms with Gasteiger partial charge in [-0.25, -0.2) is 0 Å².